The van der Waals surface area contributed by atoms with Crippen LogP contribution in [0.1, 0.15) is 0 Å². The number of benzene rings is 1. The van der Waals surface area contributed by atoms with Crippen molar-refractivity contribution in [3.63, 3.8) is 0 Å². The Morgan fingerprint density at radius 2 is 1.47 bits per heavy atom. The summed E-state index contributed by atoms with van der Waals surface area (Å²) in [6, 6.07) is 1.37. The highest BCUT2D eigenvalue weighted by Crippen LogP contribution is 2.39. The van der Waals surface area contributed by atoms with Crippen LogP contribution >= 0.6 is 0 Å². The molecule has 96 valence electrons. The van der Waals surface area contributed by atoms with Crippen molar-refractivity contribution in [1.29, 1.82) is 0 Å². The van der Waals surface area contributed by atoms with Gasteiger partial charge >= 0.3 is 0 Å². The molecule has 0 unspecified atom stereocenters. The number of hydrogen-bond acceptors (Lipinski definition) is 2. The Morgan fingerprint density at radius 3 is 1.95 bits per heavy atom. The van der Waals surface area contributed by atoms with E-state index in [4.69, 9.17) is 4.74 Å². The highest BCUT2D eigenvalue weighted by Gasteiger charge is 2.62. The fourth-order valence-electron chi connectivity index (χ4n) is 2.82. The van der Waals surface area contributed by atoms with Crippen molar-refractivity contribution in [3.05, 3.63) is 29.6 Å². The predicted molar refractivity (Wildman–Crippen MR) is 81.0 cm³/mol. The van der Waals surface area contributed by atoms with Crippen molar-refractivity contribution in [1.82, 2.24) is 5.32 Å². The first-order valence-corrected chi connectivity index (χ1v) is 6.13. The Hall–Kier alpha value is -0.905. The molecule has 0 aliphatic carbocycles. The van der Waals surface area contributed by atoms with Crippen LogP contribution in [0, 0.1) is 17.5 Å². The Morgan fingerprint density at radius 1 is 0.947 bits per heavy atom. The summed E-state index contributed by atoms with van der Waals surface area (Å²) >= 11 is 0. The summed E-state index contributed by atoms with van der Waals surface area (Å²) in [7, 11) is 9.38. The van der Waals surface area contributed by atoms with Gasteiger partial charge in [0.15, 0.2) is 19.4 Å². The summed E-state index contributed by atoms with van der Waals surface area (Å²) in [6.07, 6.45) is 0. The lowest BCUT2D eigenvalue weighted by molar-refractivity contribution is 0.0147. The molecule has 0 spiro atoms. The van der Waals surface area contributed by atoms with E-state index in [0.29, 0.717) is 6.07 Å². The molecular weight excluding hydrogens is 249 g/mol. The molecule has 19 heavy (non-hydrogen) atoms. The molecule has 1 aliphatic rings. The highest BCUT2D eigenvalue weighted by atomic mass is 19.2. The second kappa shape index (κ2) is 4.04. The standard InChI is InChI=1S/C9H13B5F3NO/c10-7(8(11,12)18-9(7,13)14)19-5-2-3(15)1-4(16)6(5)17/h1-2,18H,10-14H2. The number of nitrogens with one attached hydrogen (secondary N) is 1. The predicted octanol–water partition coefficient (Wildman–Crippen LogP) is -3.74. The van der Waals surface area contributed by atoms with E-state index < -0.39 is 39.4 Å². The van der Waals surface area contributed by atoms with Crippen molar-refractivity contribution in [3.8, 4) is 5.75 Å². The van der Waals surface area contributed by atoms with Crippen molar-refractivity contribution in [2.45, 2.75) is 16.2 Å². The van der Waals surface area contributed by atoms with Crippen molar-refractivity contribution < 1.29 is 17.9 Å². The Kier molecular flexibility index (Phi) is 3.09. The lowest BCUT2D eigenvalue weighted by Crippen LogP contribution is -2.94. The van der Waals surface area contributed by atoms with Crippen LogP contribution in [0.3, 0.4) is 0 Å². The molecule has 0 saturated carbocycles. The lowest BCUT2D eigenvalue weighted by atomic mass is 9.27. The molecule has 1 saturated heterocycles. The summed E-state index contributed by atoms with van der Waals surface area (Å²) in [5.41, 5.74) is -0.791. The van der Waals surface area contributed by atoms with Gasteiger partial charge in [0.25, 0.3) is 0 Å². The molecule has 1 aliphatic heterocycles. The average molecular weight is 262 g/mol. The minimum absolute atomic E-state index is 0.400. The molecule has 1 fully saturated rings. The molecule has 1 aromatic rings. The van der Waals surface area contributed by atoms with Crippen LogP contribution in [-0.4, -0.2) is 55.4 Å². The molecule has 0 amide bonds. The van der Waals surface area contributed by atoms with Gasteiger partial charge in [0.1, 0.15) is 37.2 Å². The van der Waals surface area contributed by atoms with Crippen molar-refractivity contribution in [2.24, 2.45) is 0 Å². The molecule has 0 atom stereocenters. The van der Waals surface area contributed by atoms with Crippen LogP contribution in [0.25, 0.3) is 0 Å². The van der Waals surface area contributed by atoms with Crippen molar-refractivity contribution >= 4 is 39.2 Å². The molecule has 1 heterocycles. The Labute approximate surface area is 114 Å². The maximum Gasteiger partial charge on any atom is 0.200 e. The van der Waals surface area contributed by atoms with E-state index in [0.717, 1.165) is 6.07 Å². The summed E-state index contributed by atoms with van der Waals surface area (Å²) < 4.78 is 45.7. The van der Waals surface area contributed by atoms with Gasteiger partial charge in [0.05, 0.1) is 5.50 Å². The minimum Gasteiger partial charge on any atom is -0.493 e. The second-order valence-corrected chi connectivity index (χ2v) is 6.21. The van der Waals surface area contributed by atoms with Crippen LogP contribution in [0.5, 0.6) is 5.75 Å². The number of hydrogen-bond donors (Lipinski definition) is 1. The summed E-state index contributed by atoms with van der Waals surface area (Å²) in [6.45, 7) is 0. The molecular formula is C9H13B5F3NO. The maximum atomic E-state index is 13.7. The molecule has 0 radical (unpaired) electrons. The quantitative estimate of drug-likeness (QED) is 0.437. The fourth-order valence-corrected chi connectivity index (χ4v) is 2.82. The number of ether oxygens (including phenoxy) is 1. The van der Waals surface area contributed by atoms with E-state index in [1.165, 1.54) is 0 Å². The zero-order valence-electron chi connectivity index (χ0n) is 11.7. The second-order valence-electron chi connectivity index (χ2n) is 6.21. The SMILES string of the molecule is BC1(B)NC(B)(B)C1(B)Oc1cc(F)cc(F)c1F. The van der Waals surface area contributed by atoms with Gasteiger partial charge in [-0.15, -0.1) is 0 Å². The van der Waals surface area contributed by atoms with E-state index in [1.54, 1.807) is 7.85 Å². The minimum atomic E-state index is -1.25. The van der Waals surface area contributed by atoms with Crippen LogP contribution in [0.2, 0.25) is 0 Å². The van der Waals surface area contributed by atoms with Gasteiger partial charge in [-0.1, -0.05) is 0 Å². The van der Waals surface area contributed by atoms with E-state index >= 15 is 0 Å². The molecule has 1 N–H and O–H groups in total. The van der Waals surface area contributed by atoms with Gasteiger partial charge in [-0.25, -0.2) is 8.78 Å². The molecule has 1 aromatic carbocycles. The van der Waals surface area contributed by atoms with Gasteiger partial charge in [-0.3, -0.25) is 0 Å². The topological polar surface area (TPSA) is 21.3 Å². The lowest BCUT2D eigenvalue weighted by Gasteiger charge is -2.67. The average Bonchev–Trinajstić information content (AvgIpc) is 2.23. The largest absolute Gasteiger partial charge is 0.493 e. The first-order chi connectivity index (χ1) is 8.50. The molecule has 2 nitrogen and oxygen atoms in total. The Bertz CT molecular complexity index is 525. The maximum absolute atomic E-state index is 13.7. The third kappa shape index (κ3) is 2.00. The van der Waals surface area contributed by atoms with Gasteiger partial charge in [-0.2, -0.15) is 4.39 Å². The zero-order valence-corrected chi connectivity index (χ0v) is 11.7. The monoisotopic (exact) mass is 263 g/mol. The molecule has 2 rings (SSSR count). The first kappa shape index (κ1) is 14.5. The summed E-state index contributed by atoms with van der Waals surface area (Å²) in [4.78, 5) is 0. The van der Waals surface area contributed by atoms with E-state index in [-0.39, 0.29) is 0 Å². The van der Waals surface area contributed by atoms with Gasteiger partial charge in [0, 0.05) is 12.1 Å². The molecule has 0 aromatic heterocycles. The first-order valence-electron chi connectivity index (χ1n) is 6.13. The van der Waals surface area contributed by atoms with Gasteiger partial charge in [0.2, 0.25) is 5.82 Å². The van der Waals surface area contributed by atoms with Gasteiger partial charge in [-0.05, 0) is 10.7 Å². The van der Waals surface area contributed by atoms with Crippen LogP contribution in [0.15, 0.2) is 12.1 Å². The number of halogens is 3. The normalized spacial score (nSPS) is 22.5. The smallest absolute Gasteiger partial charge is 0.200 e. The third-order valence-corrected chi connectivity index (χ3v) is 4.28. The molecule has 0 bridgehead atoms. The Balaban J connectivity index is 2.41. The summed E-state index contributed by atoms with van der Waals surface area (Å²) in [5.74, 6) is -3.68. The van der Waals surface area contributed by atoms with Crippen LogP contribution in [0.4, 0.5) is 13.2 Å². The van der Waals surface area contributed by atoms with Gasteiger partial charge < -0.3 is 10.1 Å². The zero-order chi connectivity index (χ0) is 14.6. The van der Waals surface area contributed by atoms with Crippen molar-refractivity contribution in [2.75, 3.05) is 0 Å². The summed E-state index contributed by atoms with van der Waals surface area (Å²) in [5, 5.41) is 2.41. The van der Waals surface area contributed by atoms with E-state index in [1.807, 2.05) is 31.4 Å². The highest BCUT2D eigenvalue weighted by molar-refractivity contribution is 6.56. The van der Waals surface area contributed by atoms with Crippen LogP contribution < -0.4 is 10.1 Å². The van der Waals surface area contributed by atoms with E-state index in [2.05, 4.69) is 5.32 Å². The third-order valence-electron chi connectivity index (χ3n) is 4.28. The molecule has 10 heteroatoms. The van der Waals surface area contributed by atoms with E-state index in [9.17, 15) is 13.2 Å². The fraction of sp³-hybridized carbons (Fsp3) is 0.333. The van der Waals surface area contributed by atoms with Crippen LogP contribution in [-0.2, 0) is 0 Å². The number of rotatable bonds is 2.